The van der Waals surface area contributed by atoms with Crippen LogP contribution < -0.4 is 5.73 Å². The number of fused-ring (bicyclic) bond motifs is 1. The number of nitrogens with zero attached hydrogens (tertiary/aromatic N) is 2. The minimum Gasteiger partial charge on any atom is -0.368 e. The predicted octanol–water partition coefficient (Wildman–Crippen LogP) is 3.25. The van der Waals surface area contributed by atoms with Crippen molar-refractivity contribution in [2.75, 3.05) is 5.73 Å². The number of benzene rings is 1. The van der Waals surface area contributed by atoms with Crippen molar-refractivity contribution in [3.8, 4) is 10.6 Å². The molecule has 4 heteroatoms. The Labute approximate surface area is 103 Å². The highest BCUT2D eigenvalue weighted by Gasteiger charge is 2.10. The monoisotopic (exact) mass is 241 g/mol. The third kappa shape index (κ3) is 1.66. The summed E-state index contributed by atoms with van der Waals surface area (Å²) in [7, 11) is 0. The average Bonchev–Trinajstić information content (AvgIpc) is 2.68. The van der Waals surface area contributed by atoms with Crippen LogP contribution in [-0.2, 0) is 0 Å². The molecule has 2 heterocycles. The highest BCUT2D eigenvalue weighted by Crippen LogP contribution is 2.36. The van der Waals surface area contributed by atoms with Gasteiger partial charge in [0.1, 0.15) is 0 Å². The van der Waals surface area contributed by atoms with E-state index in [1.807, 2.05) is 6.07 Å². The van der Waals surface area contributed by atoms with Crippen molar-refractivity contribution in [2.24, 2.45) is 0 Å². The van der Waals surface area contributed by atoms with Gasteiger partial charge in [0, 0.05) is 10.9 Å². The van der Waals surface area contributed by atoms with Gasteiger partial charge >= 0.3 is 0 Å². The normalized spacial score (nSPS) is 10.9. The molecule has 3 nitrogen and oxygen atoms in total. The minimum absolute atomic E-state index is 0.319. The van der Waals surface area contributed by atoms with Gasteiger partial charge in [-0.1, -0.05) is 18.2 Å². The molecule has 3 rings (SSSR count). The van der Waals surface area contributed by atoms with Crippen LogP contribution in [-0.4, -0.2) is 9.97 Å². The van der Waals surface area contributed by atoms with Crippen molar-refractivity contribution in [3.63, 3.8) is 0 Å². The molecule has 0 saturated carbocycles. The molecule has 0 spiro atoms. The number of hydrogen-bond acceptors (Lipinski definition) is 4. The second kappa shape index (κ2) is 3.82. The zero-order chi connectivity index (χ0) is 11.8. The van der Waals surface area contributed by atoms with E-state index >= 15 is 0 Å². The fourth-order valence-electron chi connectivity index (χ4n) is 1.92. The second-order valence-corrected chi connectivity index (χ2v) is 4.90. The van der Waals surface area contributed by atoms with Crippen LogP contribution in [0.4, 0.5) is 5.95 Å². The van der Waals surface area contributed by atoms with E-state index in [1.165, 1.54) is 20.5 Å². The molecule has 0 amide bonds. The molecule has 17 heavy (non-hydrogen) atoms. The molecule has 0 fully saturated rings. The average molecular weight is 241 g/mol. The number of hydrogen-bond donors (Lipinski definition) is 1. The highest BCUT2D eigenvalue weighted by atomic mass is 32.1. The first-order chi connectivity index (χ1) is 8.25. The summed E-state index contributed by atoms with van der Waals surface area (Å²) in [5.74, 6) is 0.319. The van der Waals surface area contributed by atoms with E-state index in [-0.39, 0.29) is 0 Å². The molecule has 84 valence electrons. The Morgan fingerprint density at radius 2 is 2.00 bits per heavy atom. The molecule has 0 aliphatic rings. The topological polar surface area (TPSA) is 51.8 Å². The van der Waals surface area contributed by atoms with Crippen molar-refractivity contribution in [1.29, 1.82) is 0 Å². The van der Waals surface area contributed by atoms with Crippen LogP contribution in [0.1, 0.15) is 5.56 Å². The molecular formula is C13H11N3S. The molecule has 0 bridgehead atoms. The summed E-state index contributed by atoms with van der Waals surface area (Å²) in [6, 6.07) is 10.3. The Morgan fingerprint density at radius 3 is 2.76 bits per heavy atom. The van der Waals surface area contributed by atoms with Gasteiger partial charge in [-0.15, -0.1) is 11.3 Å². The Bertz CT molecular complexity index is 688. The smallest absolute Gasteiger partial charge is 0.220 e. The third-order valence-corrected chi connectivity index (χ3v) is 4.05. The summed E-state index contributed by atoms with van der Waals surface area (Å²) in [5.41, 5.74) is 7.78. The SMILES string of the molecule is Cc1c(-c2ccnc(N)n2)sc2ccccc12. The molecule has 1 aromatic carbocycles. The lowest BCUT2D eigenvalue weighted by molar-refractivity contribution is 1.19. The molecule has 0 aliphatic carbocycles. The number of nitrogen functional groups attached to an aromatic ring is 1. The van der Waals surface area contributed by atoms with E-state index in [9.17, 15) is 0 Å². The first-order valence-corrected chi connectivity index (χ1v) is 6.14. The molecule has 0 aliphatic heterocycles. The fraction of sp³-hybridized carbons (Fsp3) is 0.0769. The Kier molecular flexibility index (Phi) is 2.30. The standard InChI is InChI=1S/C13H11N3S/c1-8-9-4-2-3-5-11(9)17-12(8)10-6-7-15-13(14)16-10/h2-7H,1H3,(H2,14,15,16). The van der Waals surface area contributed by atoms with Crippen molar-refractivity contribution in [2.45, 2.75) is 6.92 Å². The van der Waals surface area contributed by atoms with Gasteiger partial charge in [0.25, 0.3) is 0 Å². The summed E-state index contributed by atoms with van der Waals surface area (Å²) in [6.07, 6.45) is 1.70. The van der Waals surface area contributed by atoms with Crippen molar-refractivity contribution >= 4 is 27.4 Å². The van der Waals surface area contributed by atoms with Crippen LogP contribution in [0, 0.1) is 6.92 Å². The van der Waals surface area contributed by atoms with Gasteiger partial charge in [0.05, 0.1) is 10.6 Å². The lowest BCUT2D eigenvalue weighted by Crippen LogP contribution is -1.94. The predicted molar refractivity (Wildman–Crippen MR) is 72.0 cm³/mol. The van der Waals surface area contributed by atoms with E-state index in [1.54, 1.807) is 17.5 Å². The quantitative estimate of drug-likeness (QED) is 0.711. The summed E-state index contributed by atoms with van der Waals surface area (Å²) < 4.78 is 1.28. The van der Waals surface area contributed by atoms with Crippen LogP contribution in [0.2, 0.25) is 0 Å². The van der Waals surface area contributed by atoms with Crippen LogP contribution in [0.15, 0.2) is 36.5 Å². The molecule has 2 aromatic heterocycles. The molecule has 2 N–H and O–H groups in total. The lowest BCUT2D eigenvalue weighted by atomic mass is 10.1. The maximum Gasteiger partial charge on any atom is 0.220 e. The number of aromatic nitrogens is 2. The maximum atomic E-state index is 5.62. The molecule has 0 saturated heterocycles. The van der Waals surface area contributed by atoms with Crippen LogP contribution in [0.3, 0.4) is 0 Å². The maximum absolute atomic E-state index is 5.62. The molecule has 3 aromatic rings. The van der Waals surface area contributed by atoms with Crippen molar-refractivity contribution in [1.82, 2.24) is 9.97 Å². The minimum atomic E-state index is 0.319. The van der Waals surface area contributed by atoms with E-state index < -0.39 is 0 Å². The number of aryl methyl sites for hydroxylation is 1. The lowest BCUT2D eigenvalue weighted by Gasteiger charge is -1.99. The zero-order valence-corrected chi connectivity index (χ0v) is 10.2. The highest BCUT2D eigenvalue weighted by molar-refractivity contribution is 7.22. The van der Waals surface area contributed by atoms with Gasteiger partial charge in [0.2, 0.25) is 5.95 Å². The Balaban J connectivity index is 2.27. The van der Waals surface area contributed by atoms with E-state index in [2.05, 4.69) is 41.2 Å². The van der Waals surface area contributed by atoms with E-state index in [0.717, 1.165) is 5.69 Å². The van der Waals surface area contributed by atoms with E-state index in [0.29, 0.717) is 5.95 Å². The summed E-state index contributed by atoms with van der Waals surface area (Å²) >= 11 is 1.74. The largest absolute Gasteiger partial charge is 0.368 e. The first kappa shape index (κ1) is 10.2. The Morgan fingerprint density at radius 1 is 1.18 bits per heavy atom. The Hall–Kier alpha value is -1.94. The van der Waals surface area contributed by atoms with Gasteiger partial charge in [-0.2, -0.15) is 0 Å². The van der Waals surface area contributed by atoms with Crippen LogP contribution in [0.25, 0.3) is 20.7 Å². The molecule has 0 radical (unpaired) electrons. The number of nitrogens with two attached hydrogens (primary N) is 1. The number of thiophene rings is 1. The molecule has 0 atom stereocenters. The fourth-order valence-corrected chi connectivity index (χ4v) is 3.10. The van der Waals surface area contributed by atoms with Gasteiger partial charge in [-0.05, 0) is 30.0 Å². The summed E-state index contributed by atoms with van der Waals surface area (Å²) in [4.78, 5) is 9.36. The number of anilines is 1. The summed E-state index contributed by atoms with van der Waals surface area (Å²) in [5, 5.41) is 1.28. The molecule has 0 unspecified atom stereocenters. The van der Waals surface area contributed by atoms with Gasteiger partial charge in [-0.3, -0.25) is 0 Å². The van der Waals surface area contributed by atoms with Crippen molar-refractivity contribution in [3.05, 3.63) is 42.1 Å². The second-order valence-electron chi connectivity index (χ2n) is 3.85. The van der Waals surface area contributed by atoms with Gasteiger partial charge in [-0.25, -0.2) is 9.97 Å². The number of rotatable bonds is 1. The summed E-state index contributed by atoms with van der Waals surface area (Å²) in [6.45, 7) is 2.12. The first-order valence-electron chi connectivity index (χ1n) is 5.33. The van der Waals surface area contributed by atoms with Gasteiger partial charge < -0.3 is 5.73 Å². The van der Waals surface area contributed by atoms with Crippen molar-refractivity contribution < 1.29 is 0 Å². The molecular weight excluding hydrogens is 230 g/mol. The van der Waals surface area contributed by atoms with Gasteiger partial charge in [0.15, 0.2) is 0 Å². The third-order valence-electron chi connectivity index (χ3n) is 2.75. The van der Waals surface area contributed by atoms with E-state index in [4.69, 9.17) is 5.73 Å². The zero-order valence-electron chi connectivity index (χ0n) is 9.34. The van der Waals surface area contributed by atoms with Crippen LogP contribution in [0.5, 0.6) is 0 Å². The van der Waals surface area contributed by atoms with Crippen LogP contribution >= 0.6 is 11.3 Å².